The Labute approximate surface area is 177 Å². The first-order valence-corrected chi connectivity index (χ1v) is 10.9. The zero-order chi connectivity index (χ0) is 21.2. The number of rotatable bonds is 7. The van der Waals surface area contributed by atoms with Crippen LogP contribution in [0.2, 0.25) is 0 Å². The van der Waals surface area contributed by atoms with Crippen LogP contribution >= 0.6 is 0 Å². The van der Waals surface area contributed by atoms with Crippen molar-refractivity contribution in [3.05, 3.63) is 41.9 Å². The quantitative estimate of drug-likeness (QED) is 0.408. The van der Waals surface area contributed by atoms with E-state index in [1.165, 1.54) is 24.5 Å². The summed E-state index contributed by atoms with van der Waals surface area (Å²) in [5.74, 6) is -0.266. The summed E-state index contributed by atoms with van der Waals surface area (Å²) in [6, 6.07) is 3.57. The smallest absolute Gasteiger partial charge is 0.309 e. The Bertz CT molecular complexity index is 774. The topological polar surface area (TPSA) is 91.7 Å². The van der Waals surface area contributed by atoms with Gasteiger partial charge in [-0.05, 0) is 69.1 Å². The molecule has 2 heterocycles. The van der Waals surface area contributed by atoms with E-state index in [1.54, 1.807) is 29.4 Å². The largest absolute Gasteiger partial charge is 0.465 e. The van der Waals surface area contributed by atoms with E-state index in [9.17, 15) is 14.4 Å². The molecule has 0 spiro atoms. The normalized spacial score (nSPS) is 17.6. The summed E-state index contributed by atoms with van der Waals surface area (Å²) in [4.78, 5) is 38.0. The fourth-order valence-electron chi connectivity index (χ4n) is 3.87. The van der Waals surface area contributed by atoms with Crippen molar-refractivity contribution in [3.63, 3.8) is 0 Å². The molecule has 1 fully saturated rings. The van der Waals surface area contributed by atoms with Gasteiger partial charge in [0.05, 0.1) is 6.26 Å². The molecule has 1 saturated heterocycles. The van der Waals surface area contributed by atoms with Gasteiger partial charge in [0.1, 0.15) is 5.76 Å². The molecule has 0 bridgehead atoms. The first-order chi connectivity index (χ1) is 14.6. The molecule has 2 aliphatic rings. The molecule has 0 unspecified atom stereocenters. The van der Waals surface area contributed by atoms with Crippen LogP contribution in [0.4, 0.5) is 0 Å². The molecular formula is C23H31N3O4. The summed E-state index contributed by atoms with van der Waals surface area (Å²) < 4.78 is 5.18. The highest BCUT2D eigenvalue weighted by Gasteiger charge is 2.23. The average molecular weight is 414 g/mol. The van der Waals surface area contributed by atoms with E-state index < -0.39 is 11.8 Å². The molecule has 3 rings (SSSR count). The monoisotopic (exact) mass is 413 g/mol. The van der Waals surface area contributed by atoms with Crippen molar-refractivity contribution in [2.75, 3.05) is 26.2 Å². The molecule has 7 nitrogen and oxygen atoms in total. The number of amides is 3. The number of likely N-dealkylation sites (tertiary alicyclic amines) is 1. The third kappa shape index (κ3) is 6.90. The number of nitrogens with zero attached hydrogens (tertiary/aromatic N) is 1. The van der Waals surface area contributed by atoms with Crippen molar-refractivity contribution in [2.24, 2.45) is 5.92 Å². The van der Waals surface area contributed by atoms with Crippen LogP contribution in [-0.2, 0) is 14.4 Å². The van der Waals surface area contributed by atoms with Gasteiger partial charge in [-0.2, -0.15) is 0 Å². The molecule has 30 heavy (non-hydrogen) atoms. The van der Waals surface area contributed by atoms with E-state index in [2.05, 4.69) is 16.7 Å². The zero-order valence-corrected chi connectivity index (χ0v) is 17.4. The highest BCUT2D eigenvalue weighted by Crippen LogP contribution is 2.19. The van der Waals surface area contributed by atoms with Gasteiger partial charge in [0, 0.05) is 32.3 Å². The Morgan fingerprint density at radius 3 is 2.63 bits per heavy atom. The molecule has 0 saturated carbocycles. The lowest BCUT2D eigenvalue weighted by Crippen LogP contribution is -2.44. The molecule has 3 amide bonds. The van der Waals surface area contributed by atoms with Crippen LogP contribution in [0.5, 0.6) is 0 Å². The van der Waals surface area contributed by atoms with Crippen molar-refractivity contribution in [1.82, 2.24) is 15.5 Å². The van der Waals surface area contributed by atoms with Crippen LogP contribution in [0.15, 0.2) is 40.5 Å². The van der Waals surface area contributed by atoms with E-state index in [1.807, 2.05) is 0 Å². The van der Waals surface area contributed by atoms with Crippen LogP contribution in [0, 0.1) is 5.92 Å². The molecule has 1 aliphatic carbocycles. The Morgan fingerprint density at radius 1 is 1.13 bits per heavy atom. The Balaban J connectivity index is 1.29. The summed E-state index contributed by atoms with van der Waals surface area (Å²) in [5, 5.41) is 5.44. The number of piperidine rings is 1. The molecule has 0 radical (unpaired) electrons. The van der Waals surface area contributed by atoms with Crippen molar-refractivity contribution in [2.45, 2.75) is 44.9 Å². The van der Waals surface area contributed by atoms with Crippen LogP contribution < -0.4 is 10.6 Å². The van der Waals surface area contributed by atoms with Gasteiger partial charge in [-0.15, -0.1) is 0 Å². The summed E-state index contributed by atoms with van der Waals surface area (Å²) in [6.45, 7) is 2.25. The zero-order valence-electron chi connectivity index (χ0n) is 17.4. The second-order valence-electron chi connectivity index (χ2n) is 7.94. The third-order valence-electron chi connectivity index (χ3n) is 5.73. The Hall–Kier alpha value is -2.83. The van der Waals surface area contributed by atoms with Gasteiger partial charge < -0.3 is 20.0 Å². The second kappa shape index (κ2) is 11.4. The molecule has 0 aromatic carbocycles. The minimum atomic E-state index is -0.576. The maximum atomic E-state index is 12.2. The van der Waals surface area contributed by atoms with Crippen molar-refractivity contribution >= 4 is 23.8 Å². The van der Waals surface area contributed by atoms with Crippen molar-refractivity contribution in [3.8, 4) is 0 Å². The fraction of sp³-hybridized carbons (Fsp3) is 0.522. The fourth-order valence-corrected chi connectivity index (χ4v) is 3.87. The van der Waals surface area contributed by atoms with Crippen molar-refractivity contribution < 1.29 is 18.8 Å². The van der Waals surface area contributed by atoms with E-state index in [4.69, 9.17) is 4.42 Å². The molecule has 162 valence electrons. The second-order valence-corrected chi connectivity index (χ2v) is 7.94. The maximum Gasteiger partial charge on any atom is 0.309 e. The van der Waals surface area contributed by atoms with Gasteiger partial charge in [0.15, 0.2) is 0 Å². The molecular weight excluding hydrogens is 382 g/mol. The minimum absolute atomic E-state index is 0.0404. The van der Waals surface area contributed by atoms with E-state index in [0.717, 1.165) is 32.1 Å². The lowest BCUT2D eigenvalue weighted by Gasteiger charge is -2.31. The maximum absolute atomic E-state index is 12.2. The van der Waals surface area contributed by atoms with Gasteiger partial charge in [0.2, 0.25) is 5.91 Å². The molecule has 1 aromatic rings. The summed E-state index contributed by atoms with van der Waals surface area (Å²) in [5.41, 5.74) is 1.38. The van der Waals surface area contributed by atoms with Gasteiger partial charge in [-0.25, -0.2) is 0 Å². The van der Waals surface area contributed by atoms with Crippen molar-refractivity contribution in [1.29, 1.82) is 0 Å². The first kappa shape index (κ1) is 21.9. The van der Waals surface area contributed by atoms with Crippen LogP contribution in [0.1, 0.15) is 50.7 Å². The number of hydrogen-bond donors (Lipinski definition) is 2. The summed E-state index contributed by atoms with van der Waals surface area (Å²) in [6.07, 6.45) is 14.1. The molecule has 1 aliphatic heterocycles. The predicted octanol–water partition coefficient (Wildman–Crippen LogP) is 2.65. The summed E-state index contributed by atoms with van der Waals surface area (Å²) >= 11 is 0. The van der Waals surface area contributed by atoms with Crippen LogP contribution in [0.3, 0.4) is 0 Å². The Kier molecular flexibility index (Phi) is 8.30. The van der Waals surface area contributed by atoms with Crippen LogP contribution in [0.25, 0.3) is 6.08 Å². The standard InChI is InChI=1S/C23H31N3O4/c27-21(9-8-20-7-4-16-30-20)26-14-11-19(12-15-26)17-25-23(29)22(28)24-13-10-18-5-2-1-3-6-18/h4-5,7-9,16,19H,1-3,6,10-15,17H2,(H,24,28)(H,25,29). The van der Waals surface area contributed by atoms with Gasteiger partial charge in [0.25, 0.3) is 0 Å². The molecule has 2 N–H and O–H groups in total. The highest BCUT2D eigenvalue weighted by atomic mass is 16.3. The highest BCUT2D eigenvalue weighted by molar-refractivity contribution is 6.35. The minimum Gasteiger partial charge on any atom is -0.465 e. The van der Waals surface area contributed by atoms with E-state index in [0.29, 0.717) is 31.9 Å². The van der Waals surface area contributed by atoms with Crippen LogP contribution in [-0.4, -0.2) is 48.8 Å². The van der Waals surface area contributed by atoms with E-state index >= 15 is 0 Å². The van der Waals surface area contributed by atoms with E-state index in [-0.39, 0.29) is 11.8 Å². The number of carbonyl (C=O) groups excluding carboxylic acids is 3. The Morgan fingerprint density at radius 2 is 1.93 bits per heavy atom. The number of allylic oxidation sites excluding steroid dienone is 1. The predicted molar refractivity (Wildman–Crippen MR) is 114 cm³/mol. The van der Waals surface area contributed by atoms with Gasteiger partial charge >= 0.3 is 11.8 Å². The first-order valence-electron chi connectivity index (χ1n) is 10.9. The average Bonchev–Trinajstić information content (AvgIpc) is 3.30. The molecule has 7 heteroatoms. The SMILES string of the molecule is O=C(NCCC1=CCCCC1)C(=O)NCC1CCN(C(=O)C=Cc2ccco2)CC1. The number of carbonyl (C=O) groups is 3. The molecule has 0 atom stereocenters. The number of nitrogens with one attached hydrogen (secondary N) is 2. The number of furan rings is 1. The number of hydrogen-bond acceptors (Lipinski definition) is 4. The lowest BCUT2D eigenvalue weighted by molar-refractivity contribution is -0.139. The third-order valence-corrected chi connectivity index (χ3v) is 5.73. The van der Waals surface area contributed by atoms with Gasteiger partial charge in [-0.1, -0.05) is 11.6 Å². The van der Waals surface area contributed by atoms with Gasteiger partial charge in [-0.3, -0.25) is 14.4 Å². The molecule has 1 aromatic heterocycles. The lowest BCUT2D eigenvalue weighted by atomic mass is 9.96. The summed E-state index contributed by atoms with van der Waals surface area (Å²) in [7, 11) is 0.